The number of hydrogen-bond donors (Lipinski definition) is 1. The van der Waals surface area contributed by atoms with Gasteiger partial charge in [0.25, 0.3) is 0 Å². The number of thiophene rings is 1. The molecule has 144 valence electrons. The van der Waals surface area contributed by atoms with E-state index in [-0.39, 0.29) is 16.6 Å². The second kappa shape index (κ2) is 7.24. The summed E-state index contributed by atoms with van der Waals surface area (Å²) in [7, 11) is -3.05. The molecule has 0 aromatic carbocycles. The molecule has 1 amide bonds. The van der Waals surface area contributed by atoms with E-state index < -0.39 is 10.0 Å². The molecule has 0 bridgehead atoms. The Morgan fingerprint density at radius 3 is 2.46 bits per heavy atom. The molecule has 0 atom stereocenters. The zero-order chi connectivity index (χ0) is 18.2. The zero-order valence-electron chi connectivity index (χ0n) is 15.2. The van der Waals surface area contributed by atoms with E-state index >= 15 is 0 Å². The first-order valence-corrected chi connectivity index (χ1v) is 12.2. The van der Waals surface area contributed by atoms with E-state index in [1.165, 1.54) is 4.88 Å². The maximum atomic E-state index is 13.0. The molecule has 1 aromatic rings. The Labute approximate surface area is 160 Å². The molecule has 4 rings (SSSR count). The van der Waals surface area contributed by atoms with E-state index in [4.69, 9.17) is 0 Å². The summed E-state index contributed by atoms with van der Waals surface area (Å²) < 4.78 is 26.3. The number of carbonyl (C=O) groups excluding carboxylic acids is 1. The van der Waals surface area contributed by atoms with Crippen molar-refractivity contribution < 1.29 is 13.2 Å². The van der Waals surface area contributed by atoms with Crippen molar-refractivity contribution >= 4 is 27.3 Å². The molecule has 2 heterocycles. The Bertz CT molecular complexity index is 727. The Morgan fingerprint density at radius 2 is 1.88 bits per heavy atom. The number of nitrogens with zero attached hydrogens (tertiary/aromatic N) is 1. The van der Waals surface area contributed by atoms with Crippen molar-refractivity contribution in [2.75, 3.05) is 19.6 Å². The smallest absolute Gasteiger partial charge is 0.231 e. The molecule has 0 spiro atoms. The lowest BCUT2D eigenvalue weighted by molar-refractivity contribution is -0.126. The predicted molar refractivity (Wildman–Crippen MR) is 104 cm³/mol. The predicted octanol–water partition coefficient (Wildman–Crippen LogP) is 2.88. The maximum absolute atomic E-state index is 13.0. The molecule has 3 aliphatic rings. The van der Waals surface area contributed by atoms with Crippen molar-refractivity contribution in [1.29, 1.82) is 0 Å². The Balaban J connectivity index is 1.31. The molecule has 2 aliphatic carbocycles. The summed E-state index contributed by atoms with van der Waals surface area (Å²) in [5.74, 6) is 0.553. The summed E-state index contributed by atoms with van der Waals surface area (Å²) in [6, 6.07) is 4.13. The number of carbonyl (C=O) groups is 1. The van der Waals surface area contributed by atoms with Crippen molar-refractivity contribution in [3.05, 3.63) is 22.4 Å². The third-order valence-corrected chi connectivity index (χ3v) is 9.79. The van der Waals surface area contributed by atoms with Crippen molar-refractivity contribution in [2.24, 2.45) is 5.92 Å². The van der Waals surface area contributed by atoms with E-state index in [0.29, 0.717) is 25.6 Å². The molecule has 2 saturated carbocycles. The first kappa shape index (κ1) is 18.4. The van der Waals surface area contributed by atoms with E-state index in [1.807, 2.05) is 6.07 Å². The monoisotopic (exact) mass is 396 g/mol. The third-order valence-electron chi connectivity index (χ3n) is 6.31. The highest BCUT2D eigenvalue weighted by atomic mass is 32.2. The lowest BCUT2D eigenvalue weighted by Gasteiger charge is -2.32. The topological polar surface area (TPSA) is 66.5 Å². The van der Waals surface area contributed by atoms with Gasteiger partial charge >= 0.3 is 0 Å². The van der Waals surface area contributed by atoms with E-state index in [2.05, 4.69) is 16.8 Å². The van der Waals surface area contributed by atoms with Gasteiger partial charge < -0.3 is 5.32 Å². The van der Waals surface area contributed by atoms with Gasteiger partial charge in [0.05, 0.1) is 10.7 Å². The molecular weight excluding hydrogens is 368 g/mol. The zero-order valence-corrected chi connectivity index (χ0v) is 16.8. The standard InChI is InChI=1S/C19H28N2O3S2/c22-18(19(9-1-2-10-19)17-4-3-13-25-17)20-14-15-7-11-21(12-8-15)26(23,24)16-5-6-16/h3-4,13,15-16H,1-2,5-12,14H2,(H,20,22). The molecular formula is C19H28N2O3S2. The molecule has 1 aliphatic heterocycles. The van der Waals surface area contributed by atoms with Crippen LogP contribution in [0.2, 0.25) is 0 Å². The van der Waals surface area contributed by atoms with Crippen LogP contribution in [0.15, 0.2) is 17.5 Å². The van der Waals surface area contributed by atoms with Crippen LogP contribution in [0.3, 0.4) is 0 Å². The summed E-state index contributed by atoms with van der Waals surface area (Å²) in [5, 5.41) is 5.15. The molecule has 1 saturated heterocycles. The lowest BCUT2D eigenvalue weighted by atomic mass is 9.83. The molecule has 0 radical (unpaired) electrons. The highest BCUT2D eigenvalue weighted by Crippen LogP contribution is 2.43. The summed E-state index contributed by atoms with van der Waals surface area (Å²) in [5.41, 5.74) is -0.329. The van der Waals surface area contributed by atoms with Crippen molar-refractivity contribution in [3.8, 4) is 0 Å². The Morgan fingerprint density at radius 1 is 1.19 bits per heavy atom. The van der Waals surface area contributed by atoms with Crippen LogP contribution in [0.4, 0.5) is 0 Å². The molecule has 0 unspecified atom stereocenters. The number of hydrogen-bond acceptors (Lipinski definition) is 4. The largest absolute Gasteiger partial charge is 0.355 e. The molecule has 7 heteroatoms. The van der Waals surface area contributed by atoms with Gasteiger partial charge in [-0.2, -0.15) is 0 Å². The third kappa shape index (κ3) is 3.45. The fraction of sp³-hybridized carbons (Fsp3) is 0.737. The van der Waals surface area contributed by atoms with Crippen LogP contribution in [-0.2, 0) is 20.2 Å². The number of sulfonamides is 1. The van der Waals surface area contributed by atoms with Gasteiger partial charge in [-0.1, -0.05) is 18.9 Å². The van der Waals surface area contributed by atoms with Gasteiger partial charge in [0, 0.05) is 24.5 Å². The fourth-order valence-corrected chi connectivity index (χ4v) is 7.32. The second-order valence-corrected chi connectivity index (χ2v) is 11.2. The maximum Gasteiger partial charge on any atom is 0.231 e. The van der Waals surface area contributed by atoms with Crippen LogP contribution < -0.4 is 5.32 Å². The second-order valence-electron chi connectivity index (χ2n) is 8.06. The highest BCUT2D eigenvalue weighted by Gasteiger charge is 2.44. The molecule has 1 aromatic heterocycles. The average molecular weight is 397 g/mol. The van der Waals surface area contributed by atoms with Gasteiger partial charge in [-0.15, -0.1) is 11.3 Å². The molecule has 26 heavy (non-hydrogen) atoms. The van der Waals surface area contributed by atoms with Crippen LogP contribution in [0.5, 0.6) is 0 Å². The quantitative estimate of drug-likeness (QED) is 0.804. The van der Waals surface area contributed by atoms with Crippen LogP contribution in [0.25, 0.3) is 0 Å². The van der Waals surface area contributed by atoms with Gasteiger partial charge in [-0.3, -0.25) is 4.79 Å². The summed E-state index contributed by atoms with van der Waals surface area (Å²) in [4.78, 5) is 14.2. The van der Waals surface area contributed by atoms with Crippen molar-refractivity contribution in [2.45, 2.75) is 62.0 Å². The SMILES string of the molecule is O=C(NCC1CCN(S(=O)(=O)C2CC2)CC1)C1(c2cccs2)CCCC1. The summed E-state index contributed by atoms with van der Waals surface area (Å²) in [6.07, 6.45) is 7.45. The van der Waals surface area contributed by atoms with Crippen molar-refractivity contribution in [1.82, 2.24) is 9.62 Å². The normalized spacial score (nSPS) is 24.6. The number of rotatable bonds is 6. The van der Waals surface area contributed by atoms with Crippen LogP contribution in [0, 0.1) is 5.92 Å². The van der Waals surface area contributed by atoms with Gasteiger partial charge in [0.2, 0.25) is 15.9 Å². The minimum absolute atomic E-state index is 0.119. The van der Waals surface area contributed by atoms with Gasteiger partial charge in [0.15, 0.2) is 0 Å². The summed E-state index contributed by atoms with van der Waals surface area (Å²) in [6.45, 7) is 1.88. The van der Waals surface area contributed by atoms with Gasteiger partial charge in [0.1, 0.15) is 0 Å². The van der Waals surface area contributed by atoms with Crippen LogP contribution in [0.1, 0.15) is 56.2 Å². The fourth-order valence-electron chi connectivity index (χ4n) is 4.47. The Kier molecular flexibility index (Phi) is 5.14. The highest BCUT2D eigenvalue weighted by molar-refractivity contribution is 7.90. The van der Waals surface area contributed by atoms with Gasteiger partial charge in [-0.05, 0) is 55.9 Å². The first-order valence-electron chi connectivity index (χ1n) is 9.84. The molecule has 3 fully saturated rings. The van der Waals surface area contributed by atoms with Crippen LogP contribution in [-0.4, -0.2) is 43.5 Å². The summed E-state index contributed by atoms with van der Waals surface area (Å²) >= 11 is 1.69. The van der Waals surface area contributed by atoms with E-state index in [0.717, 1.165) is 51.4 Å². The van der Waals surface area contributed by atoms with E-state index in [9.17, 15) is 13.2 Å². The lowest BCUT2D eigenvalue weighted by Crippen LogP contribution is -2.46. The average Bonchev–Trinajstić information content (AvgIpc) is 3.16. The molecule has 1 N–H and O–H groups in total. The first-order chi connectivity index (χ1) is 12.5. The van der Waals surface area contributed by atoms with Crippen LogP contribution >= 0.6 is 11.3 Å². The minimum atomic E-state index is -3.05. The van der Waals surface area contributed by atoms with Crippen molar-refractivity contribution in [3.63, 3.8) is 0 Å². The Hall–Kier alpha value is -0.920. The number of amides is 1. The number of nitrogens with one attached hydrogen (secondary N) is 1. The van der Waals surface area contributed by atoms with E-state index in [1.54, 1.807) is 15.6 Å². The number of piperidine rings is 1. The molecule has 5 nitrogen and oxygen atoms in total. The van der Waals surface area contributed by atoms with Gasteiger partial charge in [-0.25, -0.2) is 12.7 Å². The minimum Gasteiger partial charge on any atom is -0.355 e.